The molecular weight excluding hydrogens is 258 g/mol. The molecule has 0 N–H and O–H groups in total. The lowest BCUT2D eigenvalue weighted by atomic mass is 10.3. The van der Waals surface area contributed by atoms with Crippen molar-refractivity contribution in [2.45, 2.75) is 13.5 Å². The zero-order chi connectivity index (χ0) is 13.4. The fourth-order valence-electron chi connectivity index (χ4n) is 2.04. The maximum Gasteiger partial charge on any atom is 0.188 e. The van der Waals surface area contributed by atoms with Gasteiger partial charge in [-0.25, -0.2) is 9.67 Å². The smallest absolute Gasteiger partial charge is 0.188 e. The van der Waals surface area contributed by atoms with Crippen LogP contribution in [0.25, 0.3) is 10.3 Å². The van der Waals surface area contributed by atoms with E-state index in [9.17, 15) is 0 Å². The fraction of sp³-hybridized carbons (Fsp3) is 0.308. The van der Waals surface area contributed by atoms with Gasteiger partial charge in [-0.05, 0) is 19.1 Å². The van der Waals surface area contributed by atoms with Crippen LogP contribution < -0.4 is 4.90 Å². The molecule has 0 spiro atoms. The van der Waals surface area contributed by atoms with Gasteiger partial charge >= 0.3 is 0 Å². The van der Waals surface area contributed by atoms with Crippen LogP contribution in [-0.2, 0) is 13.6 Å². The van der Waals surface area contributed by atoms with E-state index in [1.165, 1.54) is 0 Å². The molecule has 0 aliphatic heterocycles. The maximum absolute atomic E-state index is 4.65. The van der Waals surface area contributed by atoms with Crippen LogP contribution in [0.2, 0.25) is 0 Å². The minimum Gasteiger partial charge on any atom is -0.345 e. The Balaban J connectivity index is 1.89. The molecule has 3 aromatic heterocycles. The molecule has 0 saturated heterocycles. The average Bonchev–Trinajstić information content (AvgIpc) is 2.94. The number of fused-ring (bicyclic) bond motifs is 1. The molecule has 3 rings (SSSR count). The number of hydrogen-bond donors (Lipinski definition) is 0. The van der Waals surface area contributed by atoms with Crippen molar-refractivity contribution in [2.24, 2.45) is 7.05 Å². The first-order valence-electron chi connectivity index (χ1n) is 6.06. The Bertz CT molecular complexity index is 666. The van der Waals surface area contributed by atoms with Gasteiger partial charge in [0.2, 0.25) is 0 Å². The maximum atomic E-state index is 4.65. The van der Waals surface area contributed by atoms with Crippen molar-refractivity contribution in [1.82, 2.24) is 19.7 Å². The quantitative estimate of drug-likeness (QED) is 0.735. The van der Waals surface area contributed by atoms with Crippen molar-refractivity contribution >= 4 is 26.8 Å². The number of hydrogen-bond acceptors (Lipinski definition) is 5. The van der Waals surface area contributed by atoms with E-state index in [1.54, 1.807) is 11.3 Å². The molecule has 0 amide bonds. The summed E-state index contributed by atoms with van der Waals surface area (Å²) in [4.78, 5) is 11.1. The molecule has 0 unspecified atom stereocenters. The first-order chi connectivity index (χ1) is 9.15. The van der Waals surface area contributed by atoms with Crippen molar-refractivity contribution in [1.29, 1.82) is 0 Å². The standard InChI is InChI=1S/C13H15N5S/c1-9-11-12(18(3)16-9)15-13(19-11)17(2)8-10-6-4-5-7-14-10/h4-7H,8H2,1-3H3. The van der Waals surface area contributed by atoms with Gasteiger partial charge in [-0.1, -0.05) is 17.4 Å². The van der Waals surface area contributed by atoms with E-state index < -0.39 is 0 Å². The SMILES string of the molecule is Cc1nn(C)c2nc(N(C)Cc3ccccn3)sc12. The second-order valence-electron chi connectivity index (χ2n) is 4.54. The van der Waals surface area contributed by atoms with Crippen LogP contribution in [0.3, 0.4) is 0 Å². The van der Waals surface area contributed by atoms with Crippen LogP contribution in [0.5, 0.6) is 0 Å². The lowest BCUT2D eigenvalue weighted by Crippen LogP contribution is -2.16. The molecule has 3 heterocycles. The minimum atomic E-state index is 0.757. The topological polar surface area (TPSA) is 46.8 Å². The van der Waals surface area contributed by atoms with E-state index in [0.717, 1.165) is 33.4 Å². The molecule has 0 aliphatic carbocycles. The van der Waals surface area contributed by atoms with Crippen LogP contribution >= 0.6 is 11.3 Å². The van der Waals surface area contributed by atoms with E-state index in [4.69, 9.17) is 0 Å². The molecule has 0 bridgehead atoms. The lowest BCUT2D eigenvalue weighted by molar-refractivity contribution is 0.772. The first-order valence-corrected chi connectivity index (χ1v) is 6.88. The molecule has 0 radical (unpaired) electrons. The Kier molecular flexibility index (Phi) is 2.94. The molecule has 19 heavy (non-hydrogen) atoms. The number of aryl methyl sites for hydroxylation is 2. The Morgan fingerprint density at radius 1 is 1.37 bits per heavy atom. The lowest BCUT2D eigenvalue weighted by Gasteiger charge is -2.14. The van der Waals surface area contributed by atoms with E-state index in [1.807, 2.05) is 50.1 Å². The van der Waals surface area contributed by atoms with Gasteiger partial charge in [0.15, 0.2) is 10.8 Å². The van der Waals surface area contributed by atoms with Gasteiger partial charge in [-0.15, -0.1) is 0 Å². The fourth-order valence-corrected chi connectivity index (χ4v) is 3.03. The second kappa shape index (κ2) is 4.62. The highest BCUT2D eigenvalue weighted by Crippen LogP contribution is 2.30. The van der Waals surface area contributed by atoms with Gasteiger partial charge in [-0.2, -0.15) is 5.10 Å². The first kappa shape index (κ1) is 12.1. The highest BCUT2D eigenvalue weighted by atomic mass is 32.1. The molecule has 0 atom stereocenters. The van der Waals surface area contributed by atoms with Gasteiger partial charge in [0.1, 0.15) is 0 Å². The van der Waals surface area contributed by atoms with Gasteiger partial charge in [0.25, 0.3) is 0 Å². The molecule has 3 aromatic rings. The molecule has 0 aromatic carbocycles. The molecule has 0 fully saturated rings. The van der Waals surface area contributed by atoms with Gasteiger partial charge in [-0.3, -0.25) is 4.98 Å². The van der Waals surface area contributed by atoms with Crippen molar-refractivity contribution in [3.8, 4) is 0 Å². The molecule has 0 aliphatic rings. The monoisotopic (exact) mass is 273 g/mol. The predicted octanol–water partition coefficient (Wildman–Crippen LogP) is 2.37. The third kappa shape index (κ3) is 2.19. The van der Waals surface area contributed by atoms with Crippen molar-refractivity contribution in [3.63, 3.8) is 0 Å². The molecule has 98 valence electrons. The normalized spacial score (nSPS) is 11.1. The summed E-state index contributed by atoms with van der Waals surface area (Å²) in [5, 5.41) is 5.37. The highest BCUT2D eigenvalue weighted by molar-refractivity contribution is 7.22. The summed E-state index contributed by atoms with van der Waals surface area (Å²) in [6.07, 6.45) is 1.82. The Labute approximate surface area is 115 Å². The number of pyridine rings is 1. The minimum absolute atomic E-state index is 0.757. The molecule has 0 saturated carbocycles. The summed E-state index contributed by atoms with van der Waals surface area (Å²) < 4.78 is 2.99. The Morgan fingerprint density at radius 2 is 2.21 bits per heavy atom. The van der Waals surface area contributed by atoms with E-state index in [0.29, 0.717) is 0 Å². The highest BCUT2D eigenvalue weighted by Gasteiger charge is 2.14. The van der Waals surface area contributed by atoms with E-state index in [2.05, 4.69) is 20.0 Å². The molecule has 5 nitrogen and oxygen atoms in total. The third-order valence-electron chi connectivity index (χ3n) is 2.98. The van der Waals surface area contributed by atoms with Crippen LogP contribution in [-0.4, -0.2) is 26.8 Å². The largest absolute Gasteiger partial charge is 0.345 e. The number of thiazole rings is 1. The van der Waals surface area contributed by atoms with Crippen LogP contribution in [0.15, 0.2) is 24.4 Å². The number of rotatable bonds is 3. The van der Waals surface area contributed by atoms with Gasteiger partial charge in [0, 0.05) is 20.3 Å². The predicted molar refractivity (Wildman–Crippen MR) is 77.5 cm³/mol. The number of anilines is 1. The van der Waals surface area contributed by atoms with Crippen molar-refractivity contribution in [2.75, 3.05) is 11.9 Å². The van der Waals surface area contributed by atoms with Crippen molar-refractivity contribution < 1.29 is 0 Å². The van der Waals surface area contributed by atoms with Crippen molar-refractivity contribution in [3.05, 3.63) is 35.8 Å². The third-order valence-corrected chi connectivity index (χ3v) is 4.25. The van der Waals surface area contributed by atoms with Crippen LogP contribution in [0.4, 0.5) is 5.13 Å². The molecule has 6 heteroatoms. The summed E-state index contributed by atoms with van der Waals surface area (Å²) in [5.41, 5.74) is 3.02. The summed E-state index contributed by atoms with van der Waals surface area (Å²) in [7, 11) is 3.97. The summed E-state index contributed by atoms with van der Waals surface area (Å²) in [6.45, 7) is 2.77. The Morgan fingerprint density at radius 3 is 2.89 bits per heavy atom. The van der Waals surface area contributed by atoms with E-state index >= 15 is 0 Å². The van der Waals surface area contributed by atoms with Crippen LogP contribution in [0.1, 0.15) is 11.4 Å². The van der Waals surface area contributed by atoms with E-state index in [-0.39, 0.29) is 0 Å². The zero-order valence-corrected chi connectivity index (χ0v) is 12.0. The summed E-state index contributed by atoms with van der Waals surface area (Å²) in [6, 6.07) is 5.95. The van der Waals surface area contributed by atoms with Crippen LogP contribution in [0, 0.1) is 6.92 Å². The molecular formula is C13H15N5S. The zero-order valence-electron chi connectivity index (χ0n) is 11.2. The second-order valence-corrected chi connectivity index (χ2v) is 5.51. The average molecular weight is 273 g/mol. The summed E-state index contributed by atoms with van der Waals surface area (Å²) in [5.74, 6) is 0. The summed E-state index contributed by atoms with van der Waals surface area (Å²) >= 11 is 1.68. The number of aromatic nitrogens is 4. The Hall–Kier alpha value is -1.95. The van der Waals surface area contributed by atoms with Gasteiger partial charge in [0.05, 0.1) is 22.6 Å². The number of nitrogens with zero attached hydrogens (tertiary/aromatic N) is 5. The van der Waals surface area contributed by atoms with Gasteiger partial charge < -0.3 is 4.90 Å².